The first-order valence-electron chi connectivity index (χ1n) is 18.6. The van der Waals surface area contributed by atoms with Crippen LogP contribution in [0.2, 0.25) is 0 Å². The summed E-state index contributed by atoms with van der Waals surface area (Å²) in [5.41, 5.74) is 12.6. The van der Waals surface area contributed by atoms with Gasteiger partial charge in [-0.25, -0.2) is 9.97 Å². The Morgan fingerprint density at radius 2 is 0.907 bits per heavy atom. The van der Waals surface area contributed by atoms with Gasteiger partial charge in [0.15, 0.2) is 5.82 Å². The Morgan fingerprint density at radius 3 is 1.59 bits per heavy atom. The van der Waals surface area contributed by atoms with E-state index in [1.54, 1.807) is 0 Å². The van der Waals surface area contributed by atoms with Gasteiger partial charge in [-0.15, -0.1) is 0 Å². The molecule has 0 unspecified atom stereocenters. The molecule has 2 nitrogen and oxygen atoms in total. The molecule has 54 heavy (non-hydrogen) atoms. The van der Waals surface area contributed by atoms with Crippen LogP contribution in [0.4, 0.5) is 0 Å². The molecule has 0 saturated carbocycles. The van der Waals surface area contributed by atoms with E-state index in [0.29, 0.717) is 0 Å². The average Bonchev–Trinajstić information content (AvgIpc) is 3.68. The van der Waals surface area contributed by atoms with Crippen molar-refractivity contribution in [3.8, 4) is 45.0 Å². The summed E-state index contributed by atoms with van der Waals surface area (Å²) in [5.74, 6) is 0.748. The lowest BCUT2D eigenvalue weighted by atomic mass is 9.67. The van der Waals surface area contributed by atoms with Crippen LogP contribution >= 0.6 is 10.0 Å². The van der Waals surface area contributed by atoms with Gasteiger partial charge in [-0.2, -0.15) is 10.0 Å². The van der Waals surface area contributed by atoms with Crippen LogP contribution in [0, 0.1) is 0 Å². The molecule has 9 aromatic rings. The van der Waals surface area contributed by atoms with E-state index >= 15 is 0 Å². The van der Waals surface area contributed by atoms with Crippen molar-refractivity contribution in [2.75, 3.05) is 12.5 Å². The van der Waals surface area contributed by atoms with E-state index in [1.807, 2.05) is 0 Å². The molecule has 0 fully saturated rings. The minimum Gasteiger partial charge on any atom is -0.227 e. The third-order valence-electron chi connectivity index (χ3n) is 11.8. The molecule has 0 bridgehead atoms. The second kappa shape index (κ2) is 11.6. The second-order valence-electron chi connectivity index (χ2n) is 14.8. The Labute approximate surface area is 317 Å². The SMILES string of the molecule is CS1(C)c2c(-c3ccccc3)nc(-c3cccc(C4(c5ccccc5)c5ccccc5-c5ccccc54)c3)nc2-c2c1c1ccccc1c1ccccc21. The first kappa shape index (κ1) is 31.3. The highest BCUT2D eigenvalue weighted by molar-refractivity contribution is 8.33. The monoisotopic (exact) mass is 708 g/mol. The van der Waals surface area contributed by atoms with Crippen LogP contribution in [0.3, 0.4) is 0 Å². The predicted molar refractivity (Wildman–Crippen MR) is 227 cm³/mol. The third kappa shape index (κ3) is 4.19. The van der Waals surface area contributed by atoms with Gasteiger partial charge < -0.3 is 0 Å². The van der Waals surface area contributed by atoms with Gasteiger partial charge in [0.05, 0.1) is 16.8 Å². The molecule has 1 aliphatic carbocycles. The molecule has 2 aliphatic rings. The predicted octanol–water partition coefficient (Wildman–Crippen LogP) is 12.9. The fourth-order valence-electron chi connectivity index (χ4n) is 9.60. The van der Waals surface area contributed by atoms with Crippen LogP contribution in [0.15, 0.2) is 192 Å². The average molecular weight is 709 g/mol. The van der Waals surface area contributed by atoms with Crippen molar-refractivity contribution >= 4 is 31.6 Å². The lowest BCUT2D eigenvalue weighted by Crippen LogP contribution is -2.28. The molecule has 1 aliphatic heterocycles. The highest BCUT2D eigenvalue weighted by Crippen LogP contribution is 2.71. The van der Waals surface area contributed by atoms with Crippen LogP contribution < -0.4 is 0 Å². The lowest BCUT2D eigenvalue weighted by molar-refractivity contribution is 0.768. The maximum Gasteiger partial charge on any atom is 0.160 e. The van der Waals surface area contributed by atoms with Crippen LogP contribution in [-0.2, 0) is 5.41 Å². The molecule has 1 aromatic heterocycles. The fourth-order valence-corrected chi connectivity index (χ4v) is 12.5. The highest BCUT2D eigenvalue weighted by atomic mass is 32.3. The number of fused-ring (bicyclic) bond motifs is 11. The van der Waals surface area contributed by atoms with Crippen molar-refractivity contribution in [1.29, 1.82) is 0 Å². The van der Waals surface area contributed by atoms with Crippen LogP contribution in [-0.4, -0.2) is 22.5 Å². The number of hydrogen-bond donors (Lipinski definition) is 0. The summed E-state index contributed by atoms with van der Waals surface area (Å²) >= 11 is 0. The largest absolute Gasteiger partial charge is 0.227 e. The Morgan fingerprint density at radius 1 is 0.407 bits per heavy atom. The number of rotatable bonds is 4. The Hall–Kier alpha value is -6.29. The molecule has 3 heteroatoms. The summed E-state index contributed by atoms with van der Waals surface area (Å²) in [6.07, 6.45) is 4.88. The summed E-state index contributed by atoms with van der Waals surface area (Å²) in [7, 11) is -1.52. The third-order valence-corrected chi connectivity index (χ3v) is 14.6. The van der Waals surface area contributed by atoms with Gasteiger partial charge in [0.25, 0.3) is 0 Å². The van der Waals surface area contributed by atoms with Crippen molar-refractivity contribution < 1.29 is 0 Å². The van der Waals surface area contributed by atoms with Gasteiger partial charge in [0, 0.05) is 26.5 Å². The molecule has 0 N–H and O–H groups in total. The molecule has 2 heterocycles. The molecular weight excluding hydrogens is 673 g/mol. The summed E-state index contributed by atoms with van der Waals surface area (Å²) in [4.78, 5) is 13.9. The number of benzene rings is 8. The second-order valence-corrected chi connectivity index (χ2v) is 18.3. The summed E-state index contributed by atoms with van der Waals surface area (Å²) in [5, 5.41) is 5.13. The molecule has 0 spiro atoms. The molecule has 0 saturated heterocycles. The Balaban J connectivity index is 1.22. The van der Waals surface area contributed by atoms with Crippen LogP contribution in [0.25, 0.3) is 66.6 Å². The van der Waals surface area contributed by atoms with E-state index in [0.717, 1.165) is 28.3 Å². The van der Waals surface area contributed by atoms with Gasteiger partial charge in [0.2, 0.25) is 0 Å². The van der Waals surface area contributed by atoms with Crippen molar-refractivity contribution in [2.24, 2.45) is 0 Å². The topological polar surface area (TPSA) is 25.8 Å². The van der Waals surface area contributed by atoms with Gasteiger partial charge >= 0.3 is 0 Å². The number of aromatic nitrogens is 2. The van der Waals surface area contributed by atoms with Crippen molar-refractivity contribution in [3.63, 3.8) is 0 Å². The van der Waals surface area contributed by atoms with Gasteiger partial charge in [0.1, 0.15) is 0 Å². The zero-order chi connectivity index (χ0) is 36.0. The smallest absolute Gasteiger partial charge is 0.160 e. The maximum atomic E-state index is 5.67. The van der Waals surface area contributed by atoms with E-state index in [4.69, 9.17) is 9.97 Å². The minimum absolute atomic E-state index is 0.503. The van der Waals surface area contributed by atoms with Crippen molar-refractivity contribution in [2.45, 2.75) is 15.2 Å². The summed E-state index contributed by atoms with van der Waals surface area (Å²) in [6, 6.07) is 66.4. The Kier molecular flexibility index (Phi) is 6.72. The quantitative estimate of drug-likeness (QED) is 0.170. The minimum atomic E-state index is -1.52. The van der Waals surface area contributed by atoms with Crippen LogP contribution in [0.1, 0.15) is 22.3 Å². The molecule has 0 atom stereocenters. The van der Waals surface area contributed by atoms with Gasteiger partial charge in [-0.1, -0.05) is 176 Å². The zero-order valence-electron chi connectivity index (χ0n) is 30.1. The van der Waals surface area contributed by atoms with E-state index in [1.165, 1.54) is 70.3 Å². The van der Waals surface area contributed by atoms with Gasteiger partial charge in [-0.3, -0.25) is 0 Å². The van der Waals surface area contributed by atoms with E-state index < -0.39 is 15.4 Å². The van der Waals surface area contributed by atoms with Gasteiger partial charge in [-0.05, 0) is 73.5 Å². The zero-order valence-corrected chi connectivity index (χ0v) is 30.9. The molecule has 8 aromatic carbocycles. The fraction of sp³-hybridized carbons (Fsp3) is 0.0588. The first-order chi connectivity index (χ1) is 26.6. The summed E-state index contributed by atoms with van der Waals surface area (Å²) < 4.78 is 0. The van der Waals surface area contributed by atoms with Crippen LogP contribution in [0.5, 0.6) is 0 Å². The normalized spacial score (nSPS) is 15.0. The molecular formula is C51H36N2S. The lowest BCUT2D eigenvalue weighted by Gasteiger charge is -2.34. The summed E-state index contributed by atoms with van der Waals surface area (Å²) in [6.45, 7) is 0. The number of nitrogens with zero attached hydrogens (tertiary/aromatic N) is 2. The standard InChI is InChI=1S/C51H36N2S/c1-54(2)48-42-29-12-10-25-38(42)37-24-9-11-28-41(37)45(48)47-49(54)46(33-18-5-3-6-19-33)52-50(53-47)34-20-17-23-36(32-34)51(35-21-7-4-8-22-35)43-30-15-13-26-39(43)40-27-14-16-31-44(40)51/h3-32H,1-2H3. The number of hydrogen-bond acceptors (Lipinski definition) is 2. The van der Waals surface area contributed by atoms with E-state index in [2.05, 4.69) is 195 Å². The molecule has 256 valence electrons. The molecule has 0 radical (unpaired) electrons. The van der Waals surface area contributed by atoms with E-state index in [9.17, 15) is 0 Å². The first-order valence-corrected chi connectivity index (χ1v) is 21.0. The molecule has 0 amide bonds. The molecule has 11 rings (SSSR count). The van der Waals surface area contributed by atoms with E-state index in [-0.39, 0.29) is 0 Å². The highest BCUT2D eigenvalue weighted by Gasteiger charge is 2.46. The maximum absolute atomic E-state index is 5.67. The van der Waals surface area contributed by atoms with Crippen molar-refractivity contribution in [3.05, 3.63) is 204 Å². The van der Waals surface area contributed by atoms with Crippen molar-refractivity contribution in [1.82, 2.24) is 9.97 Å². The Bertz CT molecular complexity index is 2920.